The number of carbonyl (C=O) groups is 1. The Kier molecular flexibility index (Phi) is 3.93. The van der Waals surface area contributed by atoms with Crippen molar-refractivity contribution in [3.05, 3.63) is 46.0 Å². The van der Waals surface area contributed by atoms with Crippen LogP contribution in [-0.4, -0.2) is 29.1 Å². The van der Waals surface area contributed by atoms with Crippen LogP contribution in [0.25, 0.3) is 0 Å². The summed E-state index contributed by atoms with van der Waals surface area (Å²) in [4.78, 5) is 16.1. The van der Waals surface area contributed by atoms with Gasteiger partial charge in [0.15, 0.2) is 5.82 Å². The third kappa shape index (κ3) is 2.96. The number of aromatic nitrogens is 2. The number of hydrogen-bond donors (Lipinski definition) is 0. The molecule has 0 spiro atoms. The molecule has 0 amide bonds. The molecule has 1 fully saturated rings. The lowest BCUT2D eigenvalue weighted by molar-refractivity contribution is -0.127. The predicted octanol–water partition coefficient (Wildman–Crippen LogP) is 2.50. The zero-order chi connectivity index (χ0) is 13.9. The third-order valence-electron chi connectivity index (χ3n) is 3.22. The highest BCUT2D eigenvalue weighted by atomic mass is 79.9. The van der Waals surface area contributed by atoms with E-state index in [1.807, 2.05) is 24.3 Å². The first-order valence-electron chi connectivity index (χ1n) is 6.40. The van der Waals surface area contributed by atoms with Crippen LogP contribution in [0.4, 0.5) is 0 Å². The number of Topliss-reactive ketones (excluding diaryl/α,β-unsaturated/α-hetero) is 1. The van der Waals surface area contributed by atoms with Gasteiger partial charge in [0, 0.05) is 17.3 Å². The molecule has 0 N–H and O–H groups in total. The molecular weight excluding hydrogens is 324 g/mol. The zero-order valence-electron chi connectivity index (χ0n) is 10.7. The first-order chi connectivity index (χ1) is 9.72. The number of ether oxygens (including phenoxy) is 1. The van der Waals surface area contributed by atoms with Crippen LogP contribution in [0.3, 0.4) is 0 Å². The molecule has 1 aromatic carbocycles. The molecule has 1 unspecified atom stereocenters. The SMILES string of the molecule is O=C1CCOCC1c1nc(Cc2ccc(Br)cc2)no1. The van der Waals surface area contributed by atoms with Gasteiger partial charge in [-0.25, -0.2) is 0 Å². The molecule has 0 saturated carbocycles. The molecule has 5 nitrogen and oxygen atoms in total. The molecule has 2 heterocycles. The second-order valence-corrected chi connectivity index (χ2v) is 5.61. The first-order valence-corrected chi connectivity index (χ1v) is 7.19. The number of carbonyl (C=O) groups excluding carboxylic acids is 1. The number of halogens is 1. The highest BCUT2D eigenvalue weighted by Crippen LogP contribution is 2.21. The van der Waals surface area contributed by atoms with Crippen molar-refractivity contribution < 1.29 is 14.1 Å². The lowest BCUT2D eigenvalue weighted by Crippen LogP contribution is -2.25. The van der Waals surface area contributed by atoms with E-state index in [9.17, 15) is 4.79 Å². The average Bonchev–Trinajstić information content (AvgIpc) is 2.90. The Morgan fingerprint density at radius 3 is 2.85 bits per heavy atom. The normalized spacial score (nSPS) is 19.2. The van der Waals surface area contributed by atoms with E-state index < -0.39 is 5.92 Å². The van der Waals surface area contributed by atoms with Gasteiger partial charge in [0.1, 0.15) is 11.7 Å². The maximum Gasteiger partial charge on any atom is 0.239 e. The van der Waals surface area contributed by atoms with Gasteiger partial charge in [0.2, 0.25) is 5.89 Å². The molecule has 1 aliphatic rings. The number of rotatable bonds is 3. The minimum atomic E-state index is -0.407. The second kappa shape index (κ2) is 5.85. The van der Waals surface area contributed by atoms with E-state index in [0.29, 0.717) is 37.8 Å². The first kappa shape index (κ1) is 13.5. The molecule has 1 saturated heterocycles. The second-order valence-electron chi connectivity index (χ2n) is 4.70. The molecule has 1 aliphatic heterocycles. The molecule has 104 valence electrons. The summed E-state index contributed by atoms with van der Waals surface area (Å²) in [6.45, 7) is 0.813. The summed E-state index contributed by atoms with van der Waals surface area (Å²) in [6, 6.07) is 7.92. The molecule has 0 radical (unpaired) electrons. The van der Waals surface area contributed by atoms with Crippen molar-refractivity contribution in [3.63, 3.8) is 0 Å². The van der Waals surface area contributed by atoms with Gasteiger partial charge < -0.3 is 9.26 Å². The molecule has 2 aromatic rings. The summed E-state index contributed by atoms with van der Waals surface area (Å²) in [5.74, 6) is 0.646. The van der Waals surface area contributed by atoms with Crippen LogP contribution in [0.5, 0.6) is 0 Å². The monoisotopic (exact) mass is 336 g/mol. The predicted molar refractivity (Wildman–Crippen MR) is 74.4 cm³/mol. The fourth-order valence-electron chi connectivity index (χ4n) is 2.12. The summed E-state index contributed by atoms with van der Waals surface area (Å²) in [5.41, 5.74) is 1.09. The number of benzene rings is 1. The van der Waals surface area contributed by atoms with Crippen molar-refractivity contribution in [1.29, 1.82) is 0 Å². The number of ketones is 1. The Morgan fingerprint density at radius 2 is 2.10 bits per heavy atom. The van der Waals surface area contributed by atoms with Gasteiger partial charge in [-0.05, 0) is 17.7 Å². The Balaban J connectivity index is 1.73. The van der Waals surface area contributed by atoms with E-state index in [1.165, 1.54) is 0 Å². The van der Waals surface area contributed by atoms with Crippen LogP contribution in [0.1, 0.15) is 29.6 Å². The Labute approximate surface area is 124 Å². The molecule has 3 rings (SSSR count). The van der Waals surface area contributed by atoms with Gasteiger partial charge in [0.05, 0.1) is 13.2 Å². The highest BCUT2D eigenvalue weighted by molar-refractivity contribution is 9.10. The van der Waals surface area contributed by atoms with Crippen molar-refractivity contribution in [1.82, 2.24) is 10.1 Å². The molecule has 0 bridgehead atoms. The molecule has 1 atom stereocenters. The Morgan fingerprint density at radius 1 is 1.30 bits per heavy atom. The zero-order valence-corrected chi connectivity index (χ0v) is 12.3. The molecule has 1 aromatic heterocycles. The van der Waals surface area contributed by atoms with Crippen LogP contribution in [0, 0.1) is 0 Å². The Hall–Kier alpha value is -1.53. The van der Waals surface area contributed by atoms with Crippen LogP contribution in [0.15, 0.2) is 33.3 Å². The van der Waals surface area contributed by atoms with E-state index in [2.05, 4.69) is 26.1 Å². The van der Waals surface area contributed by atoms with Gasteiger partial charge in [0.25, 0.3) is 0 Å². The summed E-state index contributed by atoms with van der Waals surface area (Å²) in [7, 11) is 0. The fraction of sp³-hybridized carbons (Fsp3) is 0.357. The largest absolute Gasteiger partial charge is 0.380 e. The van der Waals surface area contributed by atoms with Gasteiger partial charge in [-0.2, -0.15) is 4.98 Å². The van der Waals surface area contributed by atoms with E-state index >= 15 is 0 Å². The van der Waals surface area contributed by atoms with Crippen molar-refractivity contribution in [3.8, 4) is 0 Å². The van der Waals surface area contributed by atoms with Gasteiger partial charge in [-0.3, -0.25) is 4.79 Å². The third-order valence-corrected chi connectivity index (χ3v) is 3.75. The molecule has 6 heteroatoms. The summed E-state index contributed by atoms with van der Waals surface area (Å²) in [5, 5.41) is 3.94. The lowest BCUT2D eigenvalue weighted by atomic mass is 10.0. The van der Waals surface area contributed by atoms with E-state index in [-0.39, 0.29) is 5.78 Å². The maximum absolute atomic E-state index is 11.8. The summed E-state index contributed by atoms with van der Waals surface area (Å²) >= 11 is 3.39. The molecule has 20 heavy (non-hydrogen) atoms. The fourth-order valence-corrected chi connectivity index (χ4v) is 2.38. The molecular formula is C14H13BrN2O3. The Bertz CT molecular complexity index is 609. The van der Waals surface area contributed by atoms with Crippen molar-refractivity contribution in [2.24, 2.45) is 0 Å². The lowest BCUT2D eigenvalue weighted by Gasteiger charge is -2.17. The van der Waals surface area contributed by atoms with Crippen LogP contribution in [-0.2, 0) is 16.0 Å². The maximum atomic E-state index is 11.8. The van der Waals surface area contributed by atoms with Crippen molar-refractivity contribution >= 4 is 21.7 Å². The number of hydrogen-bond acceptors (Lipinski definition) is 5. The van der Waals surface area contributed by atoms with Gasteiger partial charge in [-0.1, -0.05) is 33.2 Å². The van der Waals surface area contributed by atoms with E-state index in [0.717, 1.165) is 10.0 Å². The smallest absolute Gasteiger partial charge is 0.239 e. The standard InChI is InChI=1S/C14H13BrN2O3/c15-10-3-1-9(2-4-10)7-13-16-14(20-17-13)11-8-19-6-5-12(11)18/h1-4,11H,5-8H2. The van der Waals surface area contributed by atoms with E-state index in [1.54, 1.807) is 0 Å². The van der Waals surface area contributed by atoms with Gasteiger partial charge >= 0.3 is 0 Å². The minimum absolute atomic E-state index is 0.107. The summed E-state index contributed by atoms with van der Waals surface area (Å²) in [6.07, 6.45) is 0.994. The quantitative estimate of drug-likeness (QED) is 0.861. The van der Waals surface area contributed by atoms with Crippen LogP contribution < -0.4 is 0 Å². The van der Waals surface area contributed by atoms with Gasteiger partial charge in [-0.15, -0.1) is 0 Å². The minimum Gasteiger partial charge on any atom is -0.380 e. The number of nitrogens with zero attached hydrogens (tertiary/aromatic N) is 2. The molecule has 0 aliphatic carbocycles. The highest BCUT2D eigenvalue weighted by Gasteiger charge is 2.29. The van der Waals surface area contributed by atoms with Crippen LogP contribution in [0.2, 0.25) is 0 Å². The summed E-state index contributed by atoms with van der Waals surface area (Å²) < 4.78 is 11.5. The van der Waals surface area contributed by atoms with Crippen LogP contribution >= 0.6 is 15.9 Å². The van der Waals surface area contributed by atoms with E-state index in [4.69, 9.17) is 9.26 Å². The topological polar surface area (TPSA) is 65.2 Å². The van der Waals surface area contributed by atoms with Crippen molar-refractivity contribution in [2.45, 2.75) is 18.8 Å². The van der Waals surface area contributed by atoms with Crippen molar-refractivity contribution in [2.75, 3.05) is 13.2 Å². The average molecular weight is 337 g/mol.